The van der Waals surface area contributed by atoms with Crippen LogP contribution < -0.4 is 5.73 Å². The standard InChI is InChI=1S/C13H9ClF2N2S/c14-7-1-3-9(13(17)18)11(5-7)19-12-6-8(15)2-4-10(12)16/h1-6H,(H3,17,18). The van der Waals surface area contributed by atoms with Gasteiger partial charge in [0.2, 0.25) is 0 Å². The molecule has 0 radical (unpaired) electrons. The van der Waals surface area contributed by atoms with Crippen LogP contribution in [0.25, 0.3) is 0 Å². The molecule has 2 aromatic rings. The molecule has 3 N–H and O–H groups in total. The fourth-order valence-electron chi connectivity index (χ4n) is 1.48. The van der Waals surface area contributed by atoms with Crippen molar-refractivity contribution in [3.63, 3.8) is 0 Å². The van der Waals surface area contributed by atoms with Crippen LogP contribution in [0.1, 0.15) is 5.56 Å². The molecule has 0 aliphatic carbocycles. The Labute approximate surface area is 118 Å². The SMILES string of the molecule is N=C(N)c1ccc(Cl)cc1Sc1cc(F)ccc1F. The number of hydrogen-bond acceptors (Lipinski definition) is 2. The Hall–Kier alpha value is -1.59. The van der Waals surface area contributed by atoms with Crippen LogP contribution in [0.3, 0.4) is 0 Å². The number of nitrogen functional groups attached to an aromatic ring is 1. The number of halogens is 3. The van der Waals surface area contributed by atoms with Crippen LogP contribution in [0, 0.1) is 17.0 Å². The van der Waals surface area contributed by atoms with Gasteiger partial charge in [0.15, 0.2) is 0 Å². The Morgan fingerprint density at radius 3 is 2.53 bits per heavy atom. The van der Waals surface area contributed by atoms with Gasteiger partial charge in [0.1, 0.15) is 17.5 Å². The number of nitrogens with two attached hydrogens (primary N) is 1. The van der Waals surface area contributed by atoms with E-state index in [2.05, 4.69) is 0 Å². The summed E-state index contributed by atoms with van der Waals surface area (Å²) in [6.45, 7) is 0. The second kappa shape index (κ2) is 5.59. The van der Waals surface area contributed by atoms with Gasteiger partial charge in [-0.25, -0.2) is 8.78 Å². The molecule has 0 bridgehead atoms. The van der Waals surface area contributed by atoms with Crippen molar-refractivity contribution >= 4 is 29.2 Å². The van der Waals surface area contributed by atoms with Crippen LogP contribution in [0.4, 0.5) is 8.78 Å². The Morgan fingerprint density at radius 2 is 1.84 bits per heavy atom. The third-order valence-corrected chi connectivity index (χ3v) is 3.67. The maximum atomic E-state index is 13.6. The maximum absolute atomic E-state index is 13.6. The first-order chi connectivity index (χ1) is 8.97. The van der Waals surface area contributed by atoms with Crippen LogP contribution in [0.5, 0.6) is 0 Å². The normalized spacial score (nSPS) is 10.5. The van der Waals surface area contributed by atoms with E-state index < -0.39 is 11.6 Å². The van der Waals surface area contributed by atoms with Gasteiger partial charge in [0.25, 0.3) is 0 Å². The molecule has 0 heterocycles. The summed E-state index contributed by atoms with van der Waals surface area (Å²) < 4.78 is 26.7. The number of nitrogens with one attached hydrogen (secondary N) is 1. The van der Waals surface area contributed by atoms with Gasteiger partial charge in [0, 0.05) is 15.5 Å². The van der Waals surface area contributed by atoms with Crippen molar-refractivity contribution in [3.05, 3.63) is 58.6 Å². The highest BCUT2D eigenvalue weighted by atomic mass is 35.5. The molecule has 2 aromatic carbocycles. The molecule has 0 saturated carbocycles. The second-order valence-corrected chi connectivity index (χ2v) is 5.25. The van der Waals surface area contributed by atoms with Gasteiger partial charge in [-0.2, -0.15) is 0 Å². The summed E-state index contributed by atoms with van der Waals surface area (Å²) in [5, 5.41) is 7.90. The first-order valence-corrected chi connectivity index (χ1v) is 6.43. The molecule has 0 spiro atoms. The van der Waals surface area contributed by atoms with E-state index in [1.165, 1.54) is 0 Å². The lowest BCUT2D eigenvalue weighted by Crippen LogP contribution is -2.12. The number of rotatable bonds is 3. The van der Waals surface area contributed by atoms with Crippen LogP contribution in [-0.4, -0.2) is 5.84 Å². The topological polar surface area (TPSA) is 49.9 Å². The van der Waals surface area contributed by atoms with Gasteiger partial charge in [-0.05, 0) is 36.4 Å². The van der Waals surface area contributed by atoms with Crippen molar-refractivity contribution < 1.29 is 8.78 Å². The first-order valence-electron chi connectivity index (χ1n) is 5.24. The minimum absolute atomic E-state index is 0.116. The summed E-state index contributed by atoms with van der Waals surface area (Å²) in [6, 6.07) is 7.91. The lowest BCUT2D eigenvalue weighted by Gasteiger charge is -2.09. The van der Waals surface area contributed by atoms with E-state index in [1.54, 1.807) is 18.2 Å². The van der Waals surface area contributed by atoms with Crippen molar-refractivity contribution in [2.24, 2.45) is 5.73 Å². The van der Waals surface area contributed by atoms with Crippen LogP contribution in [0.2, 0.25) is 5.02 Å². The number of hydrogen-bond donors (Lipinski definition) is 2. The molecule has 0 aliphatic rings. The maximum Gasteiger partial charge on any atom is 0.137 e. The molecule has 6 heteroatoms. The van der Waals surface area contributed by atoms with Crippen LogP contribution in [-0.2, 0) is 0 Å². The van der Waals surface area contributed by atoms with Gasteiger partial charge in [-0.3, -0.25) is 5.41 Å². The third kappa shape index (κ3) is 3.24. The largest absolute Gasteiger partial charge is 0.384 e. The lowest BCUT2D eigenvalue weighted by atomic mass is 10.2. The minimum atomic E-state index is -0.541. The first kappa shape index (κ1) is 13.8. The molecular weight excluding hydrogens is 290 g/mol. The summed E-state index contributed by atoms with van der Waals surface area (Å²) in [5.41, 5.74) is 5.87. The van der Waals surface area contributed by atoms with E-state index in [4.69, 9.17) is 22.7 Å². The van der Waals surface area contributed by atoms with Crippen molar-refractivity contribution in [2.75, 3.05) is 0 Å². The van der Waals surface area contributed by atoms with Crippen molar-refractivity contribution in [1.29, 1.82) is 5.41 Å². The monoisotopic (exact) mass is 298 g/mol. The summed E-state index contributed by atoms with van der Waals surface area (Å²) in [5.74, 6) is -1.23. The molecule has 98 valence electrons. The predicted molar refractivity (Wildman–Crippen MR) is 72.9 cm³/mol. The van der Waals surface area contributed by atoms with Crippen LogP contribution >= 0.6 is 23.4 Å². The molecule has 0 unspecified atom stereocenters. The summed E-state index contributed by atoms with van der Waals surface area (Å²) in [4.78, 5) is 0.620. The van der Waals surface area contributed by atoms with E-state index in [9.17, 15) is 8.78 Å². The van der Waals surface area contributed by atoms with Crippen molar-refractivity contribution in [2.45, 2.75) is 9.79 Å². The minimum Gasteiger partial charge on any atom is -0.384 e. The second-order valence-electron chi connectivity index (χ2n) is 3.73. The molecule has 0 saturated heterocycles. The van der Waals surface area contributed by atoms with E-state index in [1.807, 2.05) is 0 Å². The number of benzene rings is 2. The van der Waals surface area contributed by atoms with Crippen molar-refractivity contribution in [1.82, 2.24) is 0 Å². The summed E-state index contributed by atoms with van der Waals surface area (Å²) in [6.07, 6.45) is 0. The summed E-state index contributed by atoms with van der Waals surface area (Å²) in [7, 11) is 0. The zero-order valence-electron chi connectivity index (χ0n) is 9.58. The smallest absolute Gasteiger partial charge is 0.137 e. The zero-order valence-corrected chi connectivity index (χ0v) is 11.2. The lowest BCUT2D eigenvalue weighted by molar-refractivity contribution is 0.577. The summed E-state index contributed by atoms with van der Waals surface area (Å²) >= 11 is 6.84. The predicted octanol–water partition coefficient (Wildman–Crippen LogP) is 4.05. The number of amidine groups is 1. The Morgan fingerprint density at radius 1 is 1.11 bits per heavy atom. The molecule has 0 amide bonds. The third-order valence-electron chi connectivity index (χ3n) is 2.35. The quantitative estimate of drug-likeness (QED) is 0.663. The highest BCUT2D eigenvalue weighted by Crippen LogP contribution is 2.34. The van der Waals surface area contributed by atoms with Gasteiger partial charge < -0.3 is 5.73 Å². The van der Waals surface area contributed by atoms with E-state index in [0.29, 0.717) is 15.5 Å². The molecule has 0 atom stereocenters. The molecule has 0 aromatic heterocycles. The van der Waals surface area contributed by atoms with E-state index in [0.717, 1.165) is 30.0 Å². The van der Waals surface area contributed by atoms with Crippen molar-refractivity contribution in [3.8, 4) is 0 Å². The fraction of sp³-hybridized carbons (Fsp3) is 0. The van der Waals surface area contributed by atoms with Gasteiger partial charge in [-0.15, -0.1) is 0 Å². The molecular formula is C13H9ClF2N2S. The zero-order chi connectivity index (χ0) is 14.0. The average Bonchev–Trinajstić information content (AvgIpc) is 2.33. The molecule has 0 fully saturated rings. The Balaban J connectivity index is 2.45. The Kier molecular flexibility index (Phi) is 4.07. The van der Waals surface area contributed by atoms with E-state index in [-0.39, 0.29) is 10.7 Å². The highest BCUT2D eigenvalue weighted by Gasteiger charge is 2.11. The average molecular weight is 299 g/mol. The fourth-order valence-corrected chi connectivity index (χ4v) is 2.76. The molecule has 0 aliphatic heterocycles. The van der Waals surface area contributed by atoms with Gasteiger partial charge in [0.05, 0.1) is 4.90 Å². The Bertz CT molecular complexity index is 647. The molecule has 19 heavy (non-hydrogen) atoms. The molecule has 2 rings (SSSR count). The molecule has 2 nitrogen and oxygen atoms in total. The van der Waals surface area contributed by atoms with Gasteiger partial charge >= 0.3 is 0 Å². The van der Waals surface area contributed by atoms with Gasteiger partial charge in [-0.1, -0.05) is 23.4 Å². The van der Waals surface area contributed by atoms with E-state index >= 15 is 0 Å². The van der Waals surface area contributed by atoms with Crippen LogP contribution in [0.15, 0.2) is 46.2 Å². The highest BCUT2D eigenvalue weighted by molar-refractivity contribution is 7.99.